The molecule has 0 bridgehead atoms. The van der Waals surface area contributed by atoms with E-state index in [4.69, 9.17) is 25.8 Å². The van der Waals surface area contributed by atoms with Gasteiger partial charge in [-0.1, -0.05) is 11.6 Å². The third-order valence-electron chi connectivity index (χ3n) is 6.78. The highest BCUT2D eigenvalue weighted by molar-refractivity contribution is 8.00. The maximum absolute atomic E-state index is 15.0. The van der Waals surface area contributed by atoms with E-state index in [9.17, 15) is 8.78 Å². The number of piperazine rings is 1. The number of pyridine rings is 1. The average Bonchev–Trinajstić information content (AvgIpc) is 2.97. The number of ether oxygens (including phenoxy) is 3. The Hall–Kier alpha value is -3.31. The third kappa shape index (κ3) is 7.51. The number of methoxy groups -OCH3 is 1. The number of fused-ring (bicyclic) bond motifs is 1. The number of halogens is 3. The largest absolute Gasteiger partial charge is 0.493 e. The number of nitrogens with one attached hydrogen (secondary N) is 1. The fraction of sp³-hybridized carbons (Fsp3) is 0.300. The van der Waals surface area contributed by atoms with E-state index in [1.807, 2.05) is 6.07 Å². The topological polar surface area (TPSA) is 59.1 Å². The Morgan fingerprint density at radius 2 is 1.76 bits per heavy atom. The van der Waals surface area contributed by atoms with E-state index in [2.05, 4.69) is 26.6 Å². The summed E-state index contributed by atoms with van der Waals surface area (Å²) >= 11 is 6.82. The highest BCUT2D eigenvalue weighted by Crippen LogP contribution is 2.38. The lowest BCUT2D eigenvalue weighted by molar-refractivity contribution is 0.145. The Morgan fingerprint density at radius 3 is 2.51 bits per heavy atom. The Morgan fingerprint density at radius 1 is 0.927 bits per heavy atom. The molecule has 0 amide bonds. The maximum atomic E-state index is 15.0. The molecule has 216 valence electrons. The van der Waals surface area contributed by atoms with Gasteiger partial charge in [0.05, 0.1) is 24.1 Å². The number of nitrogens with zero attached hydrogens (tertiary/aromatic N) is 3. The molecule has 0 unspecified atom stereocenters. The van der Waals surface area contributed by atoms with Gasteiger partial charge in [-0.3, -0.25) is 4.98 Å². The summed E-state index contributed by atoms with van der Waals surface area (Å²) in [7, 11) is 3.73. The fourth-order valence-corrected chi connectivity index (χ4v) is 5.28. The van der Waals surface area contributed by atoms with E-state index in [-0.39, 0.29) is 5.75 Å². The molecule has 7 nitrogen and oxygen atoms in total. The molecule has 3 aromatic carbocycles. The van der Waals surface area contributed by atoms with Crippen molar-refractivity contribution in [2.45, 2.75) is 11.3 Å². The first-order valence-corrected chi connectivity index (χ1v) is 14.4. The highest BCUT2D eigenvalue weighted by atomic mass is 35.5. The third-order valence-corrected chi connectivity index (χ3v) is 7.91. The van der Waals surface area contributed by atoms with Crippen LogP contribution < -0.4 is 18.9 Å². The molecule has 1 saturated heterocycles. The number of anilines is 1. The van der Waals surface area contributed by atoms with Gasteiger partial charge in [0.1, 0.15) is 11.6 Å². The van der Waals surface area contributed by atoms with Crippen molar-refractivity contribution in [3.05, 3.63) is 77.5 Å². The number of hydrogen-bond acceptors (Lipinski definition) is 8. The van der Waals surface area contributed by atoms with Crippen LogP contribution in [0.4, 0.5) is 14.5 Å². The zero-order valence-corrected chi connectivity index (χ0v) is 24.4. The monoisotopic (exact) mass is 600 g/mol. The lowest BCUT2D eigenvalue weighted by Gasteiger charge is -2.32. The predicted molar refractivity (Wildman–Crippen MR) is 160 cm³/mol. The molecule has 0 radical (unpaired) electrons. The Balaban J connectivity index is 1.24. The van der Waals surface area contributed by atoms with Crippen molar-refractivity contribution in [1.29, 1.82) is 0 Å². The molecule has 1 N–H and O–H groups in total. The van der Waals surface area contributed by atoms with Crippen LogP contribution in [0.25, 0.3) is 10.9 Å². The van der Waals surface area contributed by atoms with Crippen LogP contribution in [-0.2, 0) is 0 Å². The second kappa shape index (κ2) is 13.6. The Bertz CT molecular complexity index is 1500. The van der Waals surface area contributed by atoms with Gasteiger partial charge in [0.15, 0.2) is 23.1 Å². The second-order valence-electron chi connectivity index (χ2n) is 9.70. The molecule has 0 aliphatic carbocycles. The van der Waals surface area contributed by atoms with Crippen LogP contribution in [0.2, 0.25) is 5.02 Å². The number of aromatic nitrogens is 1. The van der Waals surface area contributed by atoms with Crippen molar-refractivity contribution in [3.8, 4) is 23.0 Å². The Kier molecular flexibility index (Phi) is 9.66. The SMILES string of the molecule is COc1cc2c(Oc3ccc(NSc4ccc(Cl)cc4F)cc3F)ccnc2cc1OCCCN1CCN(C)CC1. The number of benzene rings is 3. The van der Waals surface area contributed by atoms with Crippen LogP contribution in [0.1, 0.15) is 6.42 Å². The Labute approximate surface area is 247 Å². The van der Waals surface area contributed by atoms with E-state index < -0.39 is 11.6 Å². The predicted octanol–water partition coefficient (Wildman–Crippen LogP) is 7.10. The van der Waals surface area contributed by atoms with E-state index in [0.717, 1.165) is 51.1 Å². The summed E-state index contributed by atoms with van der Waals surface area (Å²) in [6, 6.07) is 14.1. The van der Waals surface area contributed by atoms with Crippen molar-refractivity contribution in [3.63, 3.8) is 0 Å². The molecule has 1 aliphatic rings. The van der Waals surface area contributed by atoms with Crippen molar-refractivity contribution < 1.29 is 23.0 Å². The minimum atomic E-state index is -0.579. The molecular weight excluding hydrogens is 570 g/mol. The summed E-state index contributed by atoms with van der Waals surface area (Å²) in [5.74, 6) is 0.556. The van der Waals surface area contributed by atoms with Gasteiger partial charge in [-0.25, -0.2) is 8.78 Å². The second-order valence-corrected chi connectivity index (χ2v) is 11.0. The van der Waals surface area contributed by atoms with E-state index in [0.29, 0.717) is 50.4 Å². The summed E-state index contributed by atoms with van der Waals surface area (Å²) in [5, 5.41) is 0.964. The fourth-order valence-electron chi connectivity index (χ4n) is 4.47. The van der Waals surface area contributed by atoms with Gasteiger partial charge < -0.3 is 28.7 Å². The normalized spacial score (nSPS) is 14.3. The first-order chi connectivity index (χ1) is 19.9. The molecule has 41 heavy (non-hydrogen) atoms. The molecular formula is C30H31ClF2N4O3S. The van der Waals surface area contributed by atoms with Gasteiger partial charge in [-0.15, -0.1) is 0 Å². The quantitative estimate of drug-likeness (QED) is 0.144. The molecule has 4 aromatic rings. The van der Waals surface area contributed by atoms with Crippen LogP contribution >= 0.6 is 23.5 Å². The molecule has 5 rings (SSSR count). The van der Waals surface area contributed by atoms with Crippen LogP contribution in [0.15, 0.2) is 65.7 Å². The molecule has 1 fully saturated rings. The van der Waals surface area contributed by atoms with E-state index >= 15 is 0 Å². The van der Waals surface area contributed by atoms with Crippen molar-refractivity contribution in [2.24, 2.45) is 0 Å². The van der Waals surface area contributed by atoms with E-state index in [1.54, 1.807) is 43.6 Å². The van der Waals surface area contributed by atoms with Crippen LogP contribution in [0.5, 0.6) is 23.0 Å². The van der Waals surface area contributed by atoms with Crippen molar-refractivity contribution in [2.75, 3.05) is 58.2 Å². The van der Waals surface area contributed by atoms with Crippen molar-refractivity contribution >= 4 is 40.1 Å². The summed E-state index contributed by atoms with van der Waals surface area (Å²) in [5.41, 5.74) is 1.09. The van der Waals surface area contributed by atoms with Crippen LogP contribution in [0, 0.1) is 11.6 Å². The first-order valence-electron chi connectivity index (χ1n) is 13.3. The zero-order chi connectivity index (χ0) is 28.8. The van der Waals surface area contributed by atoms with Gasteiger partial charge in [0.2, 0.25) is 0 Å². The summed E-state index contributed by atoms with van der Waals surface area (Å²) in [6.45, 7) is 5.86. The van der Waals surface area contributed by atoms with Gasteiger partial charge in [-0.05, 0) is 67.9 Å². The number of rotatable bonds is 11. The number of hydrogen-bond donors (Lipinski definition) is 1. The minimum absolute atomic E-state index is 0.0360. The van der Waals surface area contributed by atoms with Crippen molar-refractivity contribution in [1.82, 2.24) is 14.8 Å². The first kappa shape index (κ1) is 29.2. The lowest BCUT2D eigenvalue weighted by Crippen LogP contribution is -2.44. The minimum Gasteiger partial charge on any atom is -0.493 e. The van der Waals surface area contributed by atoms with Crippen LogP contribution in [0.3, 0.4) is 0 Å². The van der Waals surface area contributed by atoms with E-state index in [1.165, 1.54) is 18.2 Å². The molecule has 0 atom stereocenters. The van der Waals surface area contributed by atoms with Gasteiger partial charge in [-0.2, -0.15) is 0 Å². The van der Waals surface area contributed by atoms with Gasteiger partial charge in [0, 0.05) is 67.1 Å². The zero-order valence-electron chi connectivity index (χ0n) is 22.8. The molecule has 0 spiro atoms. The smallest absolute Gasteiger partial charge is 0.167 e. The summed E-state index contributed by atoms with van der Waals surface area (Å²) < 4.78 is 49.6. The maximum Gasteiger partial charge on any atom is 0.167 e. The molecule has 1 aliphatic heterocycles. The summed E-state index contributed by atoms with van der Waals surface area (Å²) in [6.07, 6.45) is 2.51. The molecule has 2 heterocycles. The van der Waals surface area contributed by atoms with Gasteiger partial charge in [0.25, 0.3) is 0 Å². The lowest BCUT2D eigenvalue weighted by atomic mass is 10.1. The standard InChI is InChI=1S/C30H31ClF2N4O3S/c1-36-11-13-37(14-12-36)10-3-15-39-29-19-25-22(18-28(29)38-2)26(8-9-34-25)40-27-6-5-21(17-23(27)32)35-41-30-7-4-20(31)16-24(30)33/h4-9,16-19,35H,3,10-15H2,1-2H3. The molecule has 0 saturated carbocycles. The average molecular weight is 601 g/mol. The summed E-state index contributed by atoms with van der Waals surface area (Å²) in [4.78, 5) is 9.58. The van der Waals surface area contributed by atoms with Gasteiger partial charge >= 0.3 is 0 Å². The highest BCUT2D eigenvalue weighted by Gasteiger charge is 2.16. The molecule has 11 heteroatoms. The number of likely N-dealkylation sites (N-methyl/N-ethyl adjacent to an activating group) is 1. The molecule has 1 aromatic heterocycles. The van der Waals surface area contributed by atoms with Crippen LogP contribution in [-0.4, -0.2) is 68.3 Å².